The number of carbonyl (C=O) groups is 2. The van der Waals surface area contributed by atoms with Gasteiger partial charge >= 0.3 is 0 Å². The van der Waals surface area contributed by atoms with Gasteiger partial charge in [-0.05, 0) is 30.5 Å². The summed E-state index contributed by atoms with van der Waals surface area (Å²) in [4.78, 5) is 25.2. The van der Waals surface area contributed by atoms with E-state index in [-0.39, 0.29) is 6.42 Å². The molecule has 2 aromatic carbocycles. The van der Waals surface area contributed by atoms with E-state index in [0.29, 0.717) is 13.0 Å². The summed E-state index contributed by atoms with van der Waals surface area (Å²) >= 11 is 0. The Bertz CT molecular complexity index is 649. The van der Waals surface area contributed by atoms with Gasteiger partial charge in [0.1, 0.15) is 0 Å². The van der Waals surface area contributed by atoms with Crippen molar-refractivity contribution in [1.29, 1.82) is 0 Å². The molecule has 0 aliphatic rings. The molecule has 0 bridgehead atoms. The van der Waals surface area contributed by atoms with Gasteiger partial charge in [-0.1, -0.05) is 60.7 Å². The fourth-order valence-electron chi connectivity index (χ4n) is 2.79. The lowest BCUT2D eigenvalue weighted by Crippen LogP contribution is -2.59. The fourth-order valence-corrected chi connectivity index (χ4v) is 2.79. The molecule has 2 rings (SSSR count). The second-order valence-corrected chi connectivity index (χ2v) is 5.85. The van der Waals surface area contributed by atoms with Gasteiger partial charge in [-0.15, -0.1) is 0 Å². The number of rotatable bonds is 8. The first-order valence-electron chi connectivity index (χ1n) is 7.93. The Morgan fingerprint density at radius 3 is 1.75 bits per heavy atom. The largest absolute Gasteiger partial charge is 0.368 e. The highest BCUT2D eigenvalue weighted by atomic mass is 16.2. The lowest BCUT2D eigenvalue weighted by atomic mass is 9.76. The molecule has 0 spiro atoms. The Kier molecular flexibility index (Phi) is 5.84. The molecule has 0 fully saturated rings. The van der Waals surface area contributed by atoms with Crippen LogP contribution in [0.25, 0.3) is 0 Å². The number of nitrogens with two attached hydrogens (primary N) is 3. The number of hydrogen-bond acceptors (Lipinski definition) is 4. The highest BCUT2D eigenvalue weighted by Gasteiger charge is 2.44. The topological polar surface area (TPSA) is 112 Å². The molecule has 0 aromatic heterocycles. The number of ketones is 1. The zero-order chi connectivity index (χ0) is 17.6. The van der Waals surface area contributed by atoms with Gasteiger partial charge < -0.3 is 17.2 Å². The van der Waals surface area contributed by atoms with Crippen molar-refractivity contribution in [3.63, 3.8) is 0 Å². The van der Waals surface area contributed by atoms with Crippen molar-refractivity contribution in [2.75, 3.05) is 6.54 Å². The molecule has 2 aromatic rings. The van der Waals surface area contributed by atoms with Crippen molar-refractivity contribution in [3.05, 3.63) is 71.8 Å². The number of hydrogen-bond donors (Lipinski definition) is 3. The Labute approximate surface area is 141 Å². The van der Waals surface area contributed by atoms with E-state index in [1.165, 1.54) is 0 Å². The van der Waals surface area contributed by atoms with E-state index < -0.39 is 23.1 Å². The smallest absolute Gasteiger partial charge is 0.245 e. The minimum absolute atomic E-state index is 0.133. The SMILES string of the molecule is NCCC[C@](N)(C(N)=O)C(=O)C(c1ccccc1)c1ccccc1. The lowest BCUT2D eigenvalue weighted by molar-refractivity contribution is -0.134. The third-order valence-electron chi connectivity index (χ3n) is 4.18. The zero-order valence-corrected chi connectivity index (χ0v) is 13.5. The summed E-state index contributed by atoms with van der Waals surface area (Å²) in [6, 6.07) is 18.5. The van der Waals surface area contributed by atoms with E-state index in [4.69, 9.17) is 17.2 Å². The number of amides is 1. The third kappa shape index (κ3) is 3.69. The average molecular weight is 325 g/mol. The molecular weight excluding hydrogens is 302 g/mol. The molecule has 5 nitrogen and oxygen atoms in total. The summed E-state index contributed by atoms with van der Waals surface area (Å²) in [7, 11) is 0. The van der Waals surface area contributed by atoms with Crippen LogP contribution in [0.15, 0.2) is 60.7 Å². The van der Waals surface area contributed by atoms with Gasteiger partial charge in [-0.3, -0.25) is 9.59 Å². The van der Waals surface area contributed by atoms with Crippen LogP contribution >= 0.6 is 0 Å². The van der Waals surface area contributed by atoms with Gasteiger partial charge in [0.2, 0.25) is 5.91 Å². The summed E-state index contributed by atoms with van der Waals surface area (Å²) in [6.45, 7) is 0.334. The van der Waals surface area contributed by atoms with Crippen LogP contribution in [-0.2, 0) is 9.59 Å². The van der Waals surface area contributed by atoms with Gasteiger partial charge in [0, 0.05) is 0 Å². The minimum Gasteiger partial charge on any atom is -0.368 e. The van der Waals surface area contributed by atoms with Gasteiger partial charge in [0.05, 0.1) is 5.92 Å². The van der Waals surface area contributed by atoms with Crippen LogP contribution in [0.3, 0.4) is 0 Å². The second-order valence-electron chi connectivity index (χ2n) is 5.85. The molecule has 0 unspecified atom stereocenters. The highest BCUT2D eigenvalue weighted by molar-refractivity contribution is 6.13. The normalized spacial score (nSPS) is 13.5. The molecule has 0 saturated heterocycles. The first-order valence-corrected chi connectivity index (χ1v) is 7.93. The first-order chi connectivity index (χ1) is 11.5. The molecule has 6 N–H and O–H groups in total. The summed E-state index contributed by atoms with van der Waals surface area (Å²) in [5.74, 6) is -1.87. The molecule has 126 valence electrons. The summed E-state index contributed by atoms with van der Waals surface area (Å²) in [6.07, 6.45) is 0.579. The molecule has 0 saturated carbocycles. The van der Waals surface area contributed by atoms with Crippen LogP contribution in [-0.4, -0.2) is 23.8 Å². The Morgan fingerprint density at radius 2 is 1.38 bits per heavy atom. The Hall–Kier alpha value is -2.50. The van der Waals surface area contributed by atoms with Gasteiger partial charge in [-0.25, -0.2) is 0 Å². The summed E-state index contributed by atoms with van der Waals surface area (Å²) in [5.41, 5.74) is 17.0. The van der Waals surface area contributed by atoms with Crippen molar-refractivity contribution in [1.82, 2.24) is 0 Å². The standard InChI is InChI=1S/C19H23N3O2/c20-13-7-12-19(22,18(21)24)17(23)16(14-8-3-1-4-9-14)15-10-5-2-6-11-15/h1-6,8-11,16H,7,12-13,20,22H2,(H2,21,24)/t19-/m1/s1. The highest BCUT2D eigenvalue weighted by Crippen LogP contribution is 2.30. The van der Waals surface area contributed by atoms with E-state index in [2.05, 4.69) is 0 Å². The summed E-state index contributed by atoms with van der Waals surface area (Å²) in [5, 5.41) is 0. The van der Waals surface area contributed by atoms with Crippen LogP contribution < -0.4 is 17.2 Å². The third-order valence-corrected chi connectivity index (χ3v) is 4.18. The number of benzene rings is 2. The lowest BCUT2D eigenvalue weighted by Gasteiger charge is -2.29. The average Bonchev–Trinajstić information content (AvgIpc) is 2.61. The van der Waals surface area contributed by atoms with E-state index in [1.807, 2.05) is 60.7 Å². The van der Waals surface area contributed by atoms with Crippen LogP contribution in [0.1, 0.15) is 29.9 Å². The van der Waals surface area contributed by atoms with Crippen LogP contribution in [0.5, 0.6) is 0 Å². The molecule has 0 aliphatic heterocycles. The molecule has 1 atom stereocenters. The molecule has 24 heavy (non-hydrogen) atoms. The van der Waals surface area contributed by atoms with Crippen molar-refractivity contribution < 1.29 is 9.59 Å². The molecule has 0 radical (unpaired) electrons. The van der Waals surface area contributed by atoms with E-state index >= 15 is 0 Å². The quantitative estimate of drug-likeness (QED) is 0.635. The van der Waals surface area contributed by atoms with Crippen molar-refractivity contribution >= 4 is 11.7 Å². The summed E-state index contributed by atoms with van der Waals surface area (Å²) < 4.78 is 0. The van der Waals surface area contributed by atoms with Gasteiger partial charge in [-0.2, -0.15) is 0 Å². The molecule has 0 heterocycles. The van der Waals surface area contributed by atoms with Gasteiger partial charge in [0.15, 0.2) is 11.3 Å². The van der Waals surface area contributed by atoms with Gasteiger partial charge in [0.25, 0.3) is 0 Å². The molecule has 0 aliphatic carbocycles. The van der Waals surface area contributed by atoms with Crippen molar-refractivity contribution in [3.8, 4) is 0 Å². The monoisotopic (exact) mass is 325 g/mol. The maximum Gasteiger partial charge on any atom is 0.245 e. The molecular formula is C19H23N3O2. The van der Waals surface area contributed by atoms with Crippen molar-refractivity contribution in [2.45, 2.75) is 24.3 Å². The number of primary amides is 1. The van der Waals surface area contributed by atoms with E-state index in [1.54, 1.807) is 0 Å². The maximum atomic E-state index is 13.2. The van der Waals surface area contributed by atoms with Crippen LogP contribution in [0.4, 0.5) is 0 Å². The van der Waals surface area contributed by atoms with E-state index in [0.717, 1.165) is 11.1 Å². The van der Waals surface area contributed by atoms with Crippen LogP contribution in [0.2, 0.25) is 0 Å². The minimum atomic E-state index is -1.74. The first kappa shape index (κ1) is 17.8. The Morgan fingerprint density at radius 1 is 0.917 bits per heavy atom. The number of Topliss-reactive ketones (excluding diaryl/α,β-unsaturated/α-hetero) is 1. The Balaban J connectivity index is 2.50. The molecule has 1 amide bonds. The molecule has 5 heteroatoms. The second kappa shape index (κ2) is 7.86. The predicted molar refractivity (Wildman–Crippen MR) is 94.1 cm³/mol. The van der Waals surface area contributed by atoms with Crippen LogP contribution in [0, 0.1) is 0 Å². The zero-order valence-electron chi connectivity index (χ0n) is 13.5. The number of carbonyl (C=O) groups excluding carboxylic acids is 2. The van der Waals surface area contributed by atoms with E-state index in [9.17, 15) is 9.59 Å². The maximum absolute atomic E-state index is 13.2. The van der Waals surface area contributed by atoms with Crippen molar-refractivity contribution in [2.24, 2.45) is 17.2 Å². The predicted octanol–water partition coefficient (Wildman–Crippen LogP) is 1.31. The fraction of sp³-hybridized carbons (Fsp3) is 0.263.